The van der Waals surface area contributed by atoms with Crippen molar-refractivity contribution in [3.8, 4) is 16.8 Å². The molecule has 0 amide bonds. The highest BCUT2D eigenvalue weighted by atomic mass is 32.1. The van der Waals surface area contributed by atoms with Crippen LogP contribution in [-0.2, 0) is 5.41 Å². The predicted molar refractivity (Wildman–Crippen MR) is 212 cm³/mol. The van der Waals surface area contributed by atoms with Crippen LogP contribution in [0.2, 0.25) is 0 Å². The number of rotatable bonds is 5. The fourth-order valence-corrected chi connectivity index (χ4v) is 8.45. The third-order valence-corrected chi connectivity index (χ3v) is 11.0. The number of aromatic nitrogens is 1. The molecule has 0 N–H and O–H groups in total. The van der Waals surface area contributed by atoms with Crippen molar-refractivity contribution in [3.63, 3.8) is 0 Å². The normalized spacial score (nSPS) is 12.0. The third-order valence-electron chi connectivity index (χ3n) is 9.74. The van der Waals surface area contributed by atoms with Crippen molar-refractivity contribution in [2.45, 2.75) is 26.2 Å². The highest BCUT2D eigenvalue weighted by Gasteiger charge is 2.20. The SMILES string of the molecule is CC(C)(C)c1ccc2c(c1)c1cc(-c3ccc(N(c4ccccc4)c4cccc5c4sc4ccccc45)cc3)ccc1n2-c1ccccc1. The largest absolute Gasteiger partial charge is 0.309 e. The summed E-state index contributed by atoms with van der Waals surface area (Å²) in [6.45, 7) is 6.87. The van der Waals surface area contributed by atoms with Crippen LogP contribution < -0.4 is 4.90 Å². The molecule has 0 radical (unpaired) electrons. The highest BCUT2D eigenvalue weighted by molar-refractivity contribution is 7.26. The van der Waals surface area contributed by atoms with Crippen molar-refractivity contribution in [2.75, 3.05) is 4.90 Å². The number of hydrogen-bond donors (Lipinski definition) is 0. The lowest BCUT2D eigenvalue weighted by molar-refractivity contribution is 0.591. The maximum atomic E-state index is 2.40. The molecule has 9 rings (SSSR count). The molecular weight excluding hydrogens is 613 g/mol. The maximum absolute atomic E-state index is 2.40. The van der Waals surface area contributed by atoms with Gasteiger partial charge >= 0.3 is 0 Å². The van der Waals surface area contributed by atoms with E-state index in [4.69, 9.17) is 0 Å². The van der Waals surface area contributed by atoms with Gasteiger partial charge in [0.2, 0.25) is 0 Å². The smallest absolute Gasteiger partial charge is 0.0640 e. The molecule has 236 valence electrons. The van der Waals surface area contributed by atoms with E-state index < -0.39 is 0 Å². The van der Waals surface area contributed by atoms with E-state index in [1.165, 1.54) is 70.0 Å². The van der Waals surface area contributed by atoms with Crippen LogP contribution in [0.15, 0.2) is 164 Å². The molecule has 0 bridgehead atoms. The molecule has 0 aliphatic carbocycles. The minimum absolute atomic E-state index is 0.0631. The molecule has 0 saturated heterocycles. The Morgan fingerprint density at radius 2 is 1.10 bits per heavy atom. The second-order valence-corrected chi connectivity index (χ2v) is 14.9. The minimum atomic E-state index is 0.0631. The molecule has 0 unspecified atom stereocenters. The lowest BCUT2D eigenvalue weighted by Crippen LogP contribution is -2.10. The third kappa shape index (κ3) is 5.01. The van der Waals surface area contributed by atoms with Crippen molar-refractivity contribution in [2.24, 2.45) is 0 Å². The molecular formula is C46H36N2S. The number of para-hydroxylation sites is 2. The lowest BCUT2D eigenvalue weighted by atomic mass is 9.86. The van der Waals surface area contributed by atoms with Crippen LogP contribution in [0.25, 0.3) is 58.8 Å². The van der Waals surface area contributed by atoms with Gasteiger partial charge in [0.1, 0.15) is 0 Å². The molecule has 2 aromatic heterocycles. The fourth-order valence-electron chi connectivity index (χ4n) is 7.24. The van der Waals surface area contributed by atoms with Crippen LogP contribution in [0.4, 0.5) is 17.1 Å². The molecule has 7 aromatic carbocycles. The summed E-state index contributed by atoms with van der Waals surface area (Å²) in [7, 11) is 0. The van der Waals surface area contributed by atoms with Crippen molar-refractivity contribution in [3.05, 3.63) is 169 Å². The maximum Gasteiger partial charge on any atom is 0.0640 e. The van der Waals surface area contributed by atoms with E-state index in [9.17, 15) is 0 Å². The Morgan fingerprint density at radius 3 is 1.86 bits per heavy atom. The van der Waals surface area contributed by atoms with Crippen molar-refractivity contribution >= 4 is 70.4 Å². The first-order valence-corrected chi connectivity index (χ1v) is 17.8. The number of anilines is 3. The second-order valence-electron chi connectivity index (χ2n) is 13.9. The number of thiophene rings is 1. The zero-order valence-corrected chi connectivity index (χ0v) is 28.7. The standard InChI is InChI=1S/C46H36N2S/c1-46(2,3)33-24-28-42-40(30-33)39-29-32(23-27-41(39)48(42)35-15-8-5-9-16-35)31-21-25-36(26-22-31)47(34-13-6-4-7-14-34)43-19-12-18-38-37-17-10-11-20-44(37)49-45(38)43/h4-30H,1-3H3. The first-order valence-electron chi connectivity index (χ1n) is 16.9. The topological polar surface area (TPSA) is 8.17 Å². The monoisotopic (exact) mass is 648 g/mol. The van der Waals surface area contributed by atoms with Gasteiger partial charge in [-0.1, -0.05) is 112 Å². The molecule has 2 nitrogen and oxygen atoms in total. The quantitative estimate of drug-likeness (QED) is 0.180. The Labute approximate surface area is 291 Å². The van der Waals surface area contributed by atoms with Crippen LogP contribution in [-0.4, -0.2) is 4.57 Å². The van der Waals surface area contributed by atoms with Crippen molar-refractivity contribution in [1.29, 1.82) is 0 Å². The van der Waals surface area contributed by atoms with Gasteiger partial charge in [-0.3, -0.25) is 0 Å². The Kier molecular flexibility index (Phi) is 6.93. The van der Waals surface area contributed by atoms with Gasteiger partial charge in [0, 0.05) is 43.3 Å². The van der Waals surface area contributed by atoms with Gasteiger partial charge in [-0.05, 0) is 94.9 Å². The lowest BCUT2D eigenvalue weighted by Gasteiger charge is -2.26. The number of benzene rings is 7. The van der Waals surface area contributed by atoms with Gasteiger partial charge in [-0.25, -0.2) is 0 Å². The molecule has 0 aliphatic rings. The Hall–Kier alpha value is -5.64. The first kappa shape index (κ1) is 29.5. The van der Waals surface area contributed by atoms with Gasteiger partial charge in [0.25, 0.3) is 0 Å². The molecule has 0 aliphatic heterocycles. The van der Waals surface area contributed by atoms with Gasteiger partial charge in [-0.2, -0.15) is 0 Å². The van der Waals surface area contributed by atoms with E-state index >= 15 is 0 Å². The first-order chi connectivity index (χ1) is 23.9. The van der Waals surface area contributed by atoms with E-state index in [-0.39, 0.29) is 5.41 Å². The zero-order chi connectivity index (χ0) is 33.1. The summed E-state index contributed by atoms with van der Waals surface area (Å²) >= 11 is 1.87. The van der Waals surface area contributed by atoms with Gasteiger partial charge in [0.05, 0.1) is 21.4 Å². The van der Waals surface area contributed by atoms with Gasteiger partial charge in [-0.15, -0.1) is 11.3 Å². The summed E-state index contributed by atoms with van der Waals surface area (Å²) in [5, 5.41) is 5.17. The summed E-state index contributed by atoms with van der Waals surface area (Å²) in [5.41, 5.74) is 10.9. The second kappa shape index (κ2) is 11.5. The van der Waals surface area contributed by atoms with Crippen molar-refractivity contribution < 1.29 is 0 Å². The average molecular weight is 649 g/mol. The summed E-state index contributed by atoms with van der Waals surface area (Å²) in [6, 6.07) is 59.8. The van der Waals surface area contributed by atoms with Crippen LogP contribution in [0, 0.1) is 0 Å². The van der Waals surface area contributed by atoms with E-state index in [1.807, 2.05) is 11.3 Å². The summed E-state index contributed by atoms with van der Waals surface area (Å²) in [5.74, 6) is 0. The van der Waals surface area contributed by atoms with E-state index in [1.54, 1.807) is 0 Å². The van der Waals surface area contributed by atoms with Crippen LogP contribution in [0.5, 0.6) is 0 Å². The number of hydrogen-bond acceptors (Lipinski definition) is 2. The Bertz CT molecular complexity index is 2620. The highest BCUT2D eigenvalue weighted by Crippen LogP contribution is 2.45. The van der Waals surface area contributed by atoms with E-state index in [0.717, 1.165) is 11.4 Å². The molecule has 0 fully saturated rings. The van der Waals surface area contributed by atoms with E-state index in [0.29, 0.717) is 0 Å². The number of nitrogens with zero attached hydrogens (tertiary/aromatic N) is 2. The van der Waals surface area contributed by atoms with Crippen molar-refractivity contribution in [1.82, 2.24) is 4.57 Å². The van der Waals surface area contributed by atoms with Crippen LogP contribution in [0.3, 0.4) is 0 Å². The molecule has 3 heteroatoms. The summed E-state index contributed by atoms with van der Waals surface area (Å²) in [6.07, 6.45) is 0. The summed E-state index contributed by atoms with van der Waals surface area (Å²) < 4.78 is 5.01. The Morgan fingerprint density at radius 1 is 0.490 bits per heavy atom. The summed E-state index contributed by atoms with van der Waals surface area (Å²) in [4.78, 5) is 2.40. The van der Waals surface area contributed by atoms with Gasteiger partial charge < -0.3 is 9.47 Å². The minimum Gasteiger partial charge on any atom is -0.309 e. The fraction of sp³-hybridized carbons (Fsp3) is 0.0870. The molecule has 0 saturated carbocycles. The average Bonchev–Trinajstić information content (AvgIpc) is 3.68. The number of fused-ring (bicyclic) bond motifs is 6. The molecule has 0 atom stereocenters. The van der Waals surface area contributed by atoms with Gasteiger partial charge in [0.15, 0.2) is 0 Å². The molecule has 9 aromatic rings. The Balaban J connectivity index is 1.18. The predicted octanol–water partition coefficient (Wildman–Crippen LogP) is 13.6. The molecule has 49 heavy (non-hydrogen) atoms. The molecule has 0 spiro atoms. The van der Waals surface area contributed by atoms with Crippen LogP contribution in [0.1, 0.15) is 26.3 Å². The van der Waals surface area contributed by atoms with Crippen LogP contribution >= 0.6 is 11.3 Å². The molecule has 2 heterocycles. The van der Waals surface area contributed by atoms with E-state index in [2.05, 4.69) is 194 Å². The zero-order valence-electron chi connectivity index (χ0n) is 27.9.